The van der Waals surface area contributed by atoms with Crippen LogP contribution in [0, 0.1) is 5.82 Å². The molecule has 0 aliphatic heterocycles. The van der Waals surface area contributed by atoms with Crippen LogP contribution in [0.15, 0.2) is 54.7 Å². The summed E-state index contributed by atoms with van der Waals surface area (Å²) >= 11 is 0. The molecule has 0 saturated carbocycles. The molecule has 0 aliphatic rings. The van der Waals surface area contributed by atoms with Gasteiger partial charge in [0.1, 0.15) is 11.9 Å². The Labute approximate surface area is 133 Å². The zero-order valence-electron chi connectivity index (χ0n) is 12.4. The van der Waals surface area contributed by atoms with Gasteiger partial charge < -0.3 is 15.4 Å². The number of nitrogens with one attached hydrogen (secondary N) is 2. The second-order valence-electron chi connectivity index (χ2n) is 5.46. The Kier molecular flexibility index (Phi) is 4.39. The van der Waals surface area contributed by atoms with Gasteiger partial charge in [0.15, 0.2) is 0 Å². The Bertz CT molecular complexity index is 811. The average molecular weight is 312 g/mol. The number of fused-ring (bicyclic) bond motifs is 1. The van der Waals surface area contributed by atoms with Crippen molar-refractivity contribution in [2.45, 2.75) is 19.0 Å². The summed E-state index contributed by atoms with van der Waals surface area (Å²) in [4.78, 5) is 14.7. The first kappa shape index (κ1) is 15.2. The fourth-order valence-corrected chi connectivity index (χ4v) is 2.61. The number of aromatic amines is 1. The smallest absolute Gasteiger partial charge is 0.321 e. The largest absolute Gasteiger partial charge is 0.480 e. The van der Waals surface area contributed by atoms with Crippen molar-refractivity contribution in [1.29, 1.82) is 0 Å². The third-order valence-electron chi connectivity index (χ3n) is 3.86. The highest BCUT2D eigenvalue weighted by molar-refractivity contribution is 5.84. The standard InChI is InChI=1S/C18H17FN2O2/c19-14-7-5-12(6-8-14)10-20-17(18(22)23)9-13-11-21-16-4-2-1-3-15(13)16/h1-8,11,17,20-21H,9-10H2,(H,22,23)/t17-/m0/s1. The molecule has 0 radical (unpaired) electrons. The number of H-pyrrole nitrogens is 1. The number of carboxylic acid groups (broad SMARTS) is 1. The molecule has 0 bridgehead atoms. The van der Waals surface area contributed by atoms with Crippen LogP contribution in [0.3, 0.4) is 0 Å². The van der Waals surface area contributed by atoms with Crippen molar-refractivity contribution in [3.63, 3.8) is 0 Å². The van der Waals surface area contributed by atoms with Crippen LogP contribution in [-0.4, -0.2) is 22.1 Å². The van der Waals surface area contributed by atoms with Crippen LogP contribution in [0.25, 0.3) is 10.9 Å². The van der Waals surface area contributed by atoms with Gasteiger partial charge in [-0.15, -0.1) is 0 Å². The van der Waals surface area contributed by atoms with Crippen molar-refractivity contribution < 1.29 is 14.3 Å². The maximum Gasteiger partial charge on any atom is 0.321 e. The van der Waals surface area contributed by atoms with Crippen LogP contribution in [0.5, 0.6) is 0 Å². The molecule has 0 unspecified atom stereocenters. The van der Waals surface area contributed by atoms with Gasteiger partial charge in [0.2, 0.25) is 0 Å². The van der Waals surface area contributed by atoms with Gasteiger partial charge in [-0.05, 0) is 29.3 Å². The van der Waals surface area contributed by atoms with E-state index < -0.39 is 12.0 Å². The molecule has 0 saturated heterocycles. The molecule has 2 aromatic carbocycles. The lowest BCUT2D eigenvalue weighted by molar-refractivity contribution is -0.139. The lowest BCUT2D eigenvalue weighted by Gasteiger charge is -2.14. The summed E-state index contributed by atoms with van der Waals surface area (Å²) in [6.45, 7) is 0.375. The number of hydrogen-bond donors (Lipinski definition) is 3. The number of benzene rings is 2. The van der Waals surface area contributed by atoms with E-state index in [9.17, 15) is 14.3 Å². The van der Waals surface area contributed by atoms with E-state index in [4.69, 9.17) is 0 Å². The van der Waals surface area contributed by atoms with Crippen molar-refractivity contribution in [2.24, 2.45) is 0 Å². The van der Waals surface area contributed by atoms with Crippen LogP contribution in [0.2, 0.25) is 0 Å². The van der Waals surface area contributed by atoms with Gasteiger partial charge in [0.25, 0.3) is 0 Å². The molecular formula is C18H17FN2O2. The molecule has 23 heavy (non-hydrogen) atoms. The minimum Gasteiger partial charge on any atom is -0.480 e. The summed E-state index contributed by atoms with van der Waals surface area (Å²) in [6.07, 6.45) is 2.22. The number of carbonyl (C=O) groups is 1. The molecule has 118 valence electrons. The highest BCUT2D eigenvalue weighted by Gasteiger charge is 2.19. The molecule has 3 N–H and O–H groups in total. The molecule has 3 rings (SSSR count). The van der Waals surface area contributed by atoms with E-state index >= 15 is 0 Å². The van der Waals surface area contributed by atoms with Crippen molar-refractivity contribution in [2.75, 3.05) is 0 Å². The van der Waals surface area contributed by atoms with E-state index in [0.29, 0.717) is 13.0 Å². The van der Waals surface area contributed by atoms with Crippen LogP contribution in [0.1, 0.15) is 11.1 Å². The maximum atomic E-state index is 12.9. The Balaban J connectivity index is 1.71. The third kappa shape index (κ3) is 3.57. The van der Waals surface area contributed by atoms with E-state index in [0.717, 1.165) is 22.0 Å². The third-order valence-corrected chi connectivity index (χ3v) is 3.86. The average Bonchev–Trinajstić information content (AvgIpc) is 2.96. The molecule has 0 amide bonds. The molecule has 4 nitrogen and oxygen atoms in total. The van der Waals surface area contributed by atoms with E-state index in [-0.39, 0.29) is 5.82 Å². The van der Waals surface area contributed by atoms with E-state index in [1.54, 1.807) is 12.1 Å². The van der Waals surface area contributed by atoms with Gasteiger partial charge in [-0.2, -0.15) is 0 Å². The Morgan fingerprint density at radius 1 is 1.17 bits per heavy atom. The quantitative estimate of drug-likeness (QED) is 0.655. The molecule has 3 aromatic rings. The van der Waals surface area contributed by atoms with Crippen molar-refractivity contribution in [3.8, 4) is 0 Å². The lowest BCUT2D eigenvalue weighted by Crippen LogP contribution is -2.38. The molecule has 0 fully saturated rings. The Morgan fingerprint density at radius 3 is 2.65 bits per heavy atom. The van der Waals surface area contributed by atoms with Crippen molar-refractivity contribution in [1.82, 2.24) is 10.3 Å². The molecule has 1 atom stereocenters. The van der Waals surface area contributed by atoms with Crippen LogP contribution in [-0.2, 0) is 17.8 Å². The van der Waals surface area contributed by atoms with E-state index in [1.165, 1.54) is 12.1 Å². The molecule has 0 aliphatic carbocycles. The minimum atomic E-state index is -0.905. The zero-order chi connectivity index (χ0) is 16.2. The summed E-state index contributed by atoms with van der Waals surface area (Å²) in [5.74, 6) is -1.21. The predicted molar refractivity (Wildman–Crippen MR) is 86.7 cm³/mol. The first-order chi connectivity index (χ1) is 11.1. The molecule has 1 aromatic heterocycles. The lowest BCUT2D eigenvalue weighted by atomic mass is 10.0. The van der Waals surface area contributed by atoms with Crippen LogP contribution in [0.4, 0.5) is 4.39 Å². The summed E-state index contributed by atoms with van der Waals surface area (Å²) in [5, 5.41) is 13.5. The summed E-state index contributed by atoms with van der Waals surface area (Å²) < 4.78 is 12.9. The summed E-state index contributed by atoms with van der Waals surface area (Å²) in [5.41, 5.74) is 2.79. The summed E-state index contributed by atoms with van der Waals surface area (Å²) in [6, 6.07) is 13.1. The van der Waals surface area contributed by atoms with Crippen LogP contribution >= 0.6 is 0 Å². The maximum absolute atomic E-state index is 12.9. The van der Waals surface area contributed by atoms with Crippen molar-refractivity contribution >= 4 is 16.9 Å². The second-order valence-corrected chi connectivity index (χ2v) is 5.46. The number of halogens is 1. The highest BCUT2D eigenvalue weighted by Crippen LogP contribution is 2.19. The van der Waals surface area contributed by atoms with Gasteiger partial charge in [-0.1, -0.05) is 30.3 Å². The van der Waals surface area contributed by atoms with Crippen molar-refractivity contribution in [3.05, 3.63) is 71.7 Å². The summed E-state index contributed by atoms with van der Waals surface area (Å²) in [7, 11) is 0. The number of carboxylic acids is 1. The zero-order valence-corrected chi connectivity index (χ0v) is 12.4. The van der Waals surface area contributed by atoms with Crippen LogP contribution < -0.4 is 5.32 Å². The first-order valence-corrected chi connectivity index (χ1v) is 7.39. The van der Waals surface area contributed by atoms with Gasteiger partial charge in [-0.3, -0.25) is 4.79 Å². The molecule has 5 heteroatoms. The Morgan fingerprint density at radius 2 is 1.91 bits per heavy atom. The topological polar surface area (TPSA) is 65.1 Å². The highest BCUT2D eigenvalue weighted by atomic mass is 19.1. The van der Waals surface area contributed by atoms with Gasteiger partial charge in [-0.25, -0.2) is 4.39 Å². The number of hydrogen-bond acceptors (Lipinski definition) is 2. The number of para-hydroxylation sites is 1. The van der Waals surface area contributed by atoms with Gasteiger partial charge in [0.05, 0.1) is 0 Å². The fraction of sp³-hybridized carbons (Fsp3) is 0.167. The SMILES string of the molecule is O=C(O)[C@H](Cc1c[nH]c2ccccc12)NCc1ccc(F)cc1. The Hall–Kier alpha value is -2.66. The normalized spacial score (nSPS) is 12.4. The van der Waals surface area contributed by atoms with Gasteiger partial charge >= 0.3 is 5.97 Å². The fourth-order valence-electron chi connectivity index (χ4n) is 2.61. The minimum absolute atomic E-state index is 0.303. The number of aromatic nitrogens is 1. The monoisotopic (exact) mass is 312 g/mol. The number of aliphatic carboxylic acids is 1. The first-order valence-electron chi connectivity index (χ1n) is 7.39. The second kappa shape index (κ2) is 6.62. The van der Waals surface area contributed by atoms with E-state index in [1.807, 2.05) is 30.5 Å². The van der Waals surface area contributed by atoms with Gasteiger partial charge in [0, 0.05) is 30.1 Å². The number of rotatable bonds is 6. The predicted octanol–water partition coefficient (Wildman–Crippen LogP) is 3.09. The molecule has 0 spiro atoms. The molecule has 1 heterocycles. The molecular weight excluding hydrogens is 295 g/mol. The van der Waals surface area contributed by atoms with E-state index in [2.05, 4.69) is 10.3 Å².